The molecule has 1 amide bonds. The monoisotopic (exact) mass is 249 g/mol. The van der Waals surface area contributed by atoms with Crippen molar-refractivity contribution in [3.63, 3.8) is 0 Å². The second-order valence-electron chi connectivity index (χ2n) is 4.53. The molecule has 98 valence electrons. The molecule has 4 nitrogen and oxygen atoms in total. The molecule has 0 spiro atoms. The topological polar surface area (TPSA) is 66.4 Å². The van der Waals surface area contributed by atoms with Crippen molar-refractivity contribution in [1.29, 1.82) is 0 Å². The molecular formula is C14H19NO3. The average Bonchev–Trinajstić information content (AvgIpc) is 2.31. The Labute approximate surface area is 107 Å². The third kappa shape index (κ3) is 4.99. The van der Waals surface area contributed by atoms with Gasteiger partial charge in [0.25, 0.3) is 0 Å². The number of aryl methyl sites for hydroxylation is 1. The van der Waals surface area contributed by atoms with Gasteiger partial charge in [-0.2, -0.15) is 0 Å². The molecule has 0 fully saturated rings. The molecule has 2 N–H and O–H groups in total. The fourth-order valence-electron chi connectivity index (χ4n) is 1.54. The van der Waals surface area contributed by atoms with Gasteiger partial charge >= 0.3 is 5.97 Å². The quantitative estimate of drug-likeness (QED) is 0.807. The van der Waals surface area contributed by atoms with E-state index in [0.717, 1.165) is 12.0 Å². The third-order valence-corrected chi connectivity index (χ3v) is 2.77. The number of carboxylic acid groups (broad SMARTS) is 1. The summed E-state index contributed by atoms with van der Waals surface area (Å²) in [5.41, 5.74) is 2.37. The van der Waals surface area contributed by atoms with Crippen LogP contribution in [0.25, 0.3) is 0 Å². The summed E-state index contributed by atoms with van der Waals surface area (Å²) in [7, 11) is 0. The fourth-order valence-corrected chi connectivity index (χ4v) is 1.54. The van der Waals surface area contributed by atoms with Crippen molar-refractivity contribution in [2.24, 2.45) is 5.92 Å². The molecular weight excluding hydrogens is 230 g/mol. The lowest BCUT2D eigenvalue weighted by Crippen LogP contribution is -2.28. The van der Waals surface area contributed by atoms with Gasteiger partial charge in [-0.15, -0.1) is 0 Å². The summed E-state index contributed by atoms with van der Waals surface area (Å²) >= 11 is 0. The molecule has 1 aromatic rings. The van der Waals surface area contributed by atoms with Crippen LogP contribution in [0.15, 0.2) is 24.3 Å². The molecule has 18 heavy (non-hydrogen) atoms. The number of hydrogen-bond donors (Lipinski definition) is 2. The molecule has 1 atom stereocenters. The Morgan fingerprint density at radius 2 is 1.89 bits per heavy atom. The van der Waals surface area contributed by atoms with Crippen LogP contribution in [0, 0.1) is 12.8 Å². The van der Waals surface area contributed by atoms with Crippen LogP contribution in [0.1, 0.15) is 24.5 Å². The van der Waals surface area contributed by atoms with E-state index in [1.54, 1.807) is 0 Å². The molecule has 0 aliphatic carbocycles. The summed E-state index contributed by atoms with van der Waals surface area (Å²) < 4.78 is 0. The molecule has 1 unspecified atom stereocenters. The summed E-state index contributed by atoms with van der Waals surface area (Å²) in [5.74, 6) is -1.79. The van der Waals surface area contributed by atoms with Gasteiger partial charge in [0, 0.05) is 13.0 Å². The lowest BCUT2D eigenvalue weighted by molar-refractivity contribution is -0.143. The maximum atomic E-state index is 11.4. The van der Waals surface area contributed by atoms with Crippen LogP contribution < -0.4 is 5.32 Å². The Balaban J connectivity index is 2.27. The first-order valence-corrected chi connectivity index (χ1v) is 6.04. The first-order valence-electron chi connectivity index (χ1n) is 6.04. The first kappa shape index (κ1) is 14.2. The van der Waals surface area contributed by atoms with E-state index >= 15 is 0 Å². The minimum Gasteiger partial charge on any atom is -0.481 e. The SMILES string of the molecule is Cc1ccc(CCNC(=O)CC(C)C(=O)O)cc1. The summed E-state index contributed by atoms with van der Waals surface area (Å²) in [4.78, 5) is 22.0. The number of amides is 1. The zero-order valence-electron chi connectivity index (χ0n) is 10.8. The highest BCUT2D eigenvalue weighted by atomic mass is 16.4. The van der Waals surface area contributed by atoms with Gasteiger partial charge in [0.2, 0.25) is 5.91 Å². The Kier molecular flexibility index (Phi) is 5.36. The van der Waals surface area contributed by atoms with Gasteiger partial charge in [-0.3, -0.25) is 9.59 Å². The summed E-state index contributed by atoms with van der Waals surface area (Å²) in [6.45, 7) is 4.09. The van der Waals surface area contributed by atoms with Gasteiger partial charge < -0.3 is 10.4 Å². The lowest BCUT2D eigenvalue weighted by Gasteiger charge is -2.08. The molecule has 0 heterocycles. The van der Waals surface area contributed by atoms with Crippen molar-refractivity contribution in [3.8, 4) is 0 Å². The molecule has 1 rings (SSSR count). The lowest BCUT2D eigenvalue weighted by atomic mass is 10.1. The van der Waals surface area contributed by atoms with E-state index in [2.05, 4.69) is 5.32 Å². The van der Waals surface area contributed by atoms with Crippen LogP contribution in [-0.2, 0) is 16.0 Å². The molecule has 0 saturated heterocycles. The molecule has 0 aliphatic heterocycles. The number of benzene rings is 1. The molecule has 0 radical (unpaired) electrons. The minimum atomic E-state index is -0.941. The van der Waals surface area contributed by atoms with Gasteiger partial charge in [0.05, 0.1) is 5.92 Å². The van der Waals surface area contributed by atoms with Crippen LogP contribution in [-0.4, -0.2) is 23.5 Å². The molecule has 0 aliphatic rings. The number of aliphatic carboxylic acids is 1. The van der Waals surface area contributed by atoms with E-state index in [4.69, 9.17) is 5.11 Å². The van der Waals surface area contributed by atoms with E-state index in [0.29, 0.717) is 6.54 Å². The van der Waals surface area contributed by atoms with E-state index < -0.39 is 11.9 Å². The van der Waals surface area contributed by atoms with E-state index in [1.165, 1.54) is 12.5 Å². The molecule has 0 bridgehead atoms. The highest BCUT2D eigenvalue weighted by molar-refractivity contribution is 5.81. The highest BCUT2D eigenvalue weighted by Gasteiger charge is 2.14. The van der Waals surface area contributed by atoms with E-state index in [1.807, 2.05) is 31.2 Å². The number of carbonyl (C=O) groups is 2. The maximum absolute atomic E-state index is 11.4. The van der Waals surface area contributed by atoms with Crippen molar-refractivity contribution in [3.05, 3.63) is 35.4 Å². The van der Waals surface area contributed by atoms with Crippen LogP contribution in [0.2, 0.25) is 0 Å². The second kappa shape index (κ2) is 6.79. The second-order valence-corrected chi connectivity index (χ2v) is 4.53. The van der Waals surface area contributed by atoms with Gasteiger partial charge in [-0.05, 0) is 18.9 Å². The number of nitrogens with one attached hydrogen (secondary N) is 1. The van der Waals surface area contributed by atoms with Crippen molar-refractivity contribution < 1.29 is 14.7 Å². The maximum Gasteiger partial charge on any atom is 0.306 e. The standard InChI is InChI=1S/C14H19NO3/c1-10-3-5-12(6-4-10)7-8-15-13(16)9-11(2)14(17)18/h3-6,11H,7-9H2,1-2H3,(H,15,16)(H,17,18). The molecule has 4 heteroatoms. The zero-order chi connectivity index (χ0) is 13.5. The van der Waals surface area contributed by atoms with Gasteiger partial charge in [0.15, 0.2) is 0 Å². The summed E-state index contributed by atoms with van der Waals surface area (Å²) in [5, 5.41) is 11.4. The van der Waals surface area contributed by atoms with Crippen LogP contribution in [0.4, 0.5) is 0 Å². The third-order valence-electron chi connectivity index (χ3n) is 2.77. The fraction of sp³-hybridized carbons (Fsp3) is 0.429. The van der Waals surface area contributed by atoms with Crippen LogP contribution in [0.3, 0.4) is 0 Å². The van der Waals surface area contributed by atoms with Gasteiger partial charge in [0.1, 0.15) is 0 Å². The number of hydrogen-bond acceptors (Lipinski definition) is 2. The largest absolute Gasteiger partial charge is 0.481 e. The van der Waals surface area contributed by atoms with Gasteiger partial charge in [-0.25, -0.2) is 0 Å². The smallest absolute Gasteiger partial charge is 0.306 e. The minimum absolute atomic E-state index is 0.0310. The van der Waals surface area contributed by atoms with Crippen molar-refractivity contribution in [2.75, 3.05) is 6.54 Å². The van der Waals surface area contributed by atoms with E-state index in [9.17, 15) is 9.59 Å². The predicted molar refractivity (Wildman–Crippen MR) is 69.3 cm³/mol. The molecule has 0 saturated carbocycles. The Morgan fingerprint density at radius 1 is 1.28 bits per heavy atom. The summed E-state index contributed by atoms with van der Waals surface area (Å²) in [6, 6.07) is 8.12. The number of carbonyl (C=O) groups excluding carboxylic acids is 1. The van der Waals surface area contributed by atoms with Crippen LogP contribution >= 0.6 is 0 Å². The number of rotatable bonds is 6. The number of carboxylic acids is 1. The Hall–Kier alpha value is -1.84. The highest BCUT2D eigenvalue weighted by Crippen LogP contribution is 2.04. The van der Waals surface area contributed by atoms with Crippen molar-refractivity contribution in [2.45, 2.75) is 26.7 Å². The Bertz CT molecular complexity index is 412. The zero-order valence-corrected chi connectivity index (χ0v) is 10.8. The summed E-state index contributed by atoms with van der Waals surface area (Å²) in [6.07, 6.45) is 0.788. The normalized spacial score (nSPS) is 11.9. The van der Waals surface area contributed by atoms with Gasteiger partial charge in [-0.1, -0.05) is 36.8 Å². The van der Waals surface area contributed by atoms with Crippen molar-refractivity contribution >= 4 is 11.9 Å². The molecule has 0 aromatic heterocycles. The average molecular weight is 249 g/mol. The first-order chi connectivity index (χ1) is 8.49. The van der Waals surface area contributed by atoms with Crippen LogP contribution in [0.5, 0.6) is 0 Å². The molecule has 1 aromatic carbocycles. The Morgan fingerprint density at radius 3 is 2.44 bits per heavy atom. The predicted octanol–water partition coefficient (Wildman–Crippen LogP) is 1.76. The van der Waals surface area contributed by atoms with Crippen molar-refractivity contribution in [1.82, 2.24) is 5.32 Å². The van der Waals surface area contributed by atoms with E-state index in [-0.39, 0.29) is 12.3 Å².